The van der Waals surface area contributed by atoms with Gasteiger partial charge in [0.2, 0.25) is 0 Å². The number of benzene rings is 1. The van der Waals surface area contributed by atoms with E-state index in [1.165, 1.54) is 0 Å². The summed E-state index contributed by atoms with van der Waals surface area (Å²) in [6.07, 6.45) is -0.139. The van der Waals surface area contributed by atoms with Crippen molar-refractivity contribution in [3.05, 3.63) is 16.7 Å². The van der Waals surface area contributed by atoms with Gasteiger partial charge in [0.1, 0.15) is 17.6 Å². The summed E-state index contributed by atoms with van der Waals surface area (Å²) < 4.78 is 5.75. The molecule has 1 atom stereocenters. The fourth-order valence-electron chi connectivity index (χ4n) is 1.86. The second-order valence-electron chi connectivity index (χ2n) is 4.12. The van der Waals surface area contributed by atoms with Gasteiger partial charge >= 0.3 is 0 Å². The average Bonchev–Trinajstić information content (AvgIpc) is 2.33. The van der Waals surface area contributed by atoms with Crippen molar-refractivity contribution in [1.82, 2.24) is 0 Å². The highest BCUT2D eigenvalue weighted by molar-refractivity contribution is 7.99. The highest BCUT2D eigenvalue weighted by Crippen LogP contribution is 2.45. The van der Waals surface area contributed by atoms with Crippen LogP contribution in [0.5, 0.6) is 11.5 Å². The van der Waals surface area contributed by atoms with Crippen molar-refractivity contribution >= 4 is 11.8 Å². The fraction of sp³-hybridized carbons (Fsp3) is 0.500. The topological polar surface area (TPSA) is 49.7 Å². The van der Waals surface area contributed by atoms with E-state index < -0.39 is 0 Å². The van der Waals surface area contributed by atoms with Gasteiger partial charge in [-0.3, -0.25) is 0 Å². The molecule has 0 saturated carbocycles. The van der Waals surface area contributed by atoms with E-state index in [0.717, 1.165) is 33.1 Å². The molecule has 0 aliphatic carbocycles. The molecule has 16 heavy (non-hydrogen) atoms. The third-order valence-corrected chi connectivity index (χ3v) is 4.38. The Morgan fingerprint density at radius 1 is 1.25 bits per heavy atom. The first kappa shape index (κ1) is 11.6. The molecule has 4 heteroatoms. The standard InChI is InChI=1S/C12H16O3S/c1-6-7(2)11-12(8(3)10(6)14)16-5-9(4-13)15-11/h9,13-14H,4-5H2,1-3H3. The molecule has 1 unspecified atom stereocenters. The smallest absolute Gasteiger partial charge is 0.137 e. The summed E-state index contributed by atoms with van der Waals surface area (Å²) in [5, 5.41) is 19.1. The van der Waals surface area contributed by atoms with Gasteiger partial charge in [-0.1, -0.05) is 0 Å². The maximum atomic E-state index is 9.95. The number of thioether (sulfide) groups is 1. The molecule has 1 heterocycles. The minimum absolute atomic E-state index is 0.0326. The fourth-order valence-corrected chi connectivity index (χ4v) is 3.03. The molecule has 0 bridgehead atoms. The van der Waals surface area contributed by atoms with E-state index in [2.05, 4.69) is 0 Å². The molecule has 0 spiro atoms. The molecule has 1 aromatic rings. The van der Waals surface area contributed by atoms with Crippen LogP contribution in [0.25, 0.3) is 0 Å². The molecule has 0 radical (unpaired) electrons. The Hall–Kier alpha value is -0.870. The number of aromatic hydroxyl groups is 1. The Morgan fingerprint density at radius 2 is 1.94 bits per heavy atom. The Morgan fingerprint density at radius 3 is 2.56 bits per heavy atom. The van der Waals surface area contributed by atoms with E-state index in [4.69, 9.17) is 9.84 Å². The molecule has 0 fully saturated rings. The van der Waals surface area contributed by atoms with Crippen LogP contribution in [0.2, 0.25) is 0 Å². The van der Waals surface area contributed by atoms with Gasteiger partial charge in [-0.15, -0.1) is 11.8 Å². The lowest BCUT2D eigenvalue weighted by Gasteiger charge is -2.28. The number of aliphatic hydroxyl groups excluding tert-OH is 1. The van der Waals surface area contributed by atoms with Crippen LogP contribution >= 0.6 is 11.8 Å². The van der Waals surface area contributed by atoms with Crippen molar-refractivity contribution in [3.63, 3.8) is 0 Å². The van der Waals surface area contributed by atoms with Crippen LogP contribution in [-0.4, -0.2) is 28.7 Å². The van der Waals surface area contributed by atoms with E-state index in [0.29, 0.717) is 5.75 Å². The van der Waals surface area contributed by atoms with Gasteiger partial charge in [0, 0.05) is 11.3 Å². The van der Waals surface area contributed by atoms with Crippen molar-refractivity contribution in [2.45, 2.75) is 31.8 Å². The quantitative estimate of drug-likeness (QED) is 0.790. The van der Waals surface area contributed by atoms with Crippen LogP contribution in [0.15, 0.2) is 4.90 Å². The van der Waals surface area contributed by atoms with Crippen LogP contribution in [0.4, 0.5) is 0 Å². The predicted octanol–water partition coefficient (Wildman–Crippen LogP) is 2.16. The third-order valence-electron chi connectivity index (χ3n) is 3.06. The van der Waals surface area contributed by atoms with Crippen molar-refractivity contribution in [3.8, 4) is 11.5 Å². The first-order valence-corrected chi connectivity index (χ1v) is 6.27. The Kier molecular flexibility index (Phi) is 3.04. The summed E-state index contributed by atoms with van der Waals surface area (Å²) in [7, 11) is 0. The molecule has 0 amide bonds. The second kappa shape index (κ2) is 4.18. The number of rotatable bonds is 1. The summed E-state index contributed by atoms with van der Waals surface area (Å²) in [5.74, 6) is 1.91. The zero-order valence-corrected chi connectivity index (χ0v) is 10.5. The Balaban J connectivity index is 2.56. The summed E-state index contributed by atoms with van der Waals surface area (Å²) >= 11 is 1.64. The van der Waals surface area contributed by atoms with Gasteiger partial charge < -0.3 is 14.9 Å². The molecule has 3 nitrogen and oxygen atoms in total. The van der Waals surface area contributed by atoms with Crippen LogP contribution in [0, 0.1) is 20.8 Å². The third kappa shape index (κ3) is 1.66. The van der Waals surface area contributed by atoms with Gasteiger partial charge in [-0.2, -0.15) is 0 Å². The first-order chi connectivity index (χ1) is 7.56. The van der Waals surface area contributed by atoms with Gasteiger partial charge in [0.25, 0.3) is 0 Å². The van der Waals surface area contributed by atoms with Crippen LogP contribution < -0.4 is 4.74 Å². The molecule has 2 rings (SSSR count). The minimum Gasteiger partial charge on any atom is -0.507 e. The lowest BCUT2D eigenvalue weighted by molar-refractivity contribution is 0.126. The largest absolute Gasteiger partial charge is 0.507 e. The number of fused-ring (bicyclic) bond motifs is 1. The zero-order valence-electron chi connectivity index (χ0n) is 9.70. The lowest BCUT2D eigenvalue weighted by Crippen LogP contribution is -2.27. The molecular weight excluding hydrogens is 224 g/mol. The van der Waals surface area contributed by atoms with Gasteiger partial charge in [0.05, 0.1) is 11.5 Å². The normalized spacial score (nSPS) is 19.1. The summed E-state index contributed by atoms with van der Waals surface area (Å²) in [6, 6.07) is 0. The van der Waals surface area contributed by atoms with Crippen molar-refractivity contribution < 1.29 is 14.9 Å². The maximum absolute atomic E-state index is 9.95. The SMILES string of the molecule is Cc1c(C)c2c(c(C)c1O)SCC(CO)O2. The van der Waals surface area contributed by atoms with E-state index in [9.17, 15) is 5.11 Å². The number of phenols is 1. The number of ether oxygens (including phenoxy) is 1. The predicted molar refractivity (Wildman–Crippen MR) is 64.5 cm³/mol. The minimum atomic E-state index is -0.139. The molecule has 0 aromatic heterocycles. The Labute approximate surface area is 99.4 Å². The molecule has 1 aliphatic heterocycles. The second-order valence-corrected chi connectivity index (χ2v) is 5.15. The summed E-state index contributed by atoms with van der Waals surface area (Å²) in [5.41, 5.74) is 2.69. The van der Waals surface area contributed by atoms with Crippen molar-refractivity contribution in [2.24, 2.45) is 0 Å². The van der Waals surface area contributed by atoms with E-state index >= 15 is 0 Å². The monoisotopic (exact) mass is 240 g/mol. The van der Waals surface area contributed by atoms with Gasteiger partial charge in [-0.25, -0.2) is 0 Å². The van der Waals surface area contributed by atoms with Gasteiger partial charge in [-0.05, 0) is 31.9 Å². The number of aliphatic hydroxyl groups is 1. The number of phenolic OH excluding ortho intramolecular Hbond substituents is 1. The summed E-state index contributed by atoms with van der Waals surface area (Å²) in [4.78, 5) is 1.00. The lowest BCUT2D eigenvalue weighted by atomic mass is 10.0. The van der Waals surface area contributed by atoms with E-state index in [1.54, 1.807) is 11.8 Å². The van der Waals surface area contributed by atoms with Crippen LogP contribution in [0.1, 0.15) is 16.7 Å². The number of hydrogen-bond donors (Lipinski definition) is 2. The van der Waals surface area contributed by atoms with Gasteiger partial charge in [0.15, 0.2) is 0 Å². The molecule has 2 N–H and O–H groups in total. The van der Waals surface area contributed by atoms with Crippen LogP contribution in [-0.2, 0) is 0 Å². The van der Waals surface area contributed by atoms with E-state index in [-0.39, 0.29) is 12.7 Å². The van der Waals surface area contributed by atoms with Crippen molar-refractivity contribution in [2.75, 3.05) is 12.4 Å². The molecule has 0 saturated heterocycles. The molecule has 88 valence electrons. The zero-order chi connectivity index (χ0) is 11.9. The molecular formula is C12H16O3S. The highest BCUT2D eigenvalue weighted by atomic mass is 32.2. The maximum Gasteiger partial charge on any atom is 0.137 e. The van der Waals surface area contributed by atoms with Crippen LogP contribution in [0.3, 0.4) is 0 Å². The van der Waals surface area contributed by atoms with E-state index in [1.807, 2.05) is 20.8 Å². The van der Waals surface area contributed by atoms with Crippen molar-refractivity contribution in [1.29, 1.82) is 0 Å². The molecule has 1 aliphatic rings. The molecule has 1 aromatic carbocycles. The highest BCUT2D eigenvalue weighted by Gasteiger charge is 2.26. The number of hydrogen-bond acceptors (Lipinski definition) is 4. The first-order valence-electron chi connectivity index (χ1n) is 5.29. The Bertz CT molecular complexity index is 429. The average molecular weight is 240 g/mol. The summed E-state index contributed by atoms with van der Waals surface area (Å²) in [6.45, 7) is 5.75.